The third kappa shape index (κ3) is 4.28. The minimum absolute atomic E-state index is 0.0399. The Hall–Kier alpha value is -3.91. The highest BCUT2D eigenvalue weighted by Gasteiger charge is 2.26. The zero-order valence-electron chi connectivity index (χ0n) is 21.4. The maximum absolute atomic E-state index is 13.9. The van der Waals surface area contributed by atoms with Gasteiger partial charge in [0, 0.05) is 31.2 Å². The van der Waals surface area contributed by atoms with Gasteiger partial charge in [0.2, 0.25) is 0 Å². The van der Waals surface area contributed by atoms with Gasteiger partial charge in [-0.1, -0.05) is 29.8 Å². The van der Waals surface area contributed by atoms with Crippen LogP contribution in [-0.4, -0.2) is 35.8 Å². The summed E-state index contributed by atoms with van der Waals surface area (Å²) < 4.78 is 5.55. The summed E-state index contributed by atoms with van der Waals surface area (Å²) in [7, 11) is 1.91. The fourth-order valence-corrected chi connectivity index (χ4v) is 5.88. The monoisotopic (exact) mass is 528 g/mol. The summed E-state index contributed by atoms with van der Waals surface area (Å²) in [5, 5.41) is 8.96. The van der Waals surface area contributed by atoms with E-state index in [9.17, 15) is 9.59 Å². The van der Waals surface area contributed by atoms with Crippen LogP contribution in [0.25, 0.3) is 27.6 Å². The van der Waals surface area contributed by atoms with Crippen LogP contribution in [0.4, 0.5) is 0 Å². The van der Waals surface area contributed by atoms with Crippen LogP contribution < -0.4 is 11.0 Å². The van der Waals surface area contributed by atoms with Crippen molar-refractivity contribution in [2.24, 2.45) is 13.0 Å². The number of hydrogen-bond donors (Lipinski definition) is 1. The molecule has 0 unspecified atom stereocenters. The SMILES string of the molecule is Cc1ncc(Cl)cc1C(=O)NC1CCC(Cn2c(=O)n(-c3cccc4c3cnn4C)c3ccccc32)CC1. The summed E-state index contributed by atoms with van der Waals surface area (Å²) in [6.07, 6.45) is 6.97. The molecule has 1 aliphatic rings. The standard InChI is InChI=1S/C29H29ClN6O2/c1-18-22(14-20(30)15-31-18)28(37)33-21-12-10-19(11-13-21)17-35-26-6-3-4-7-27(26)36(29(35)38)25-9-5-8-24-23(25)16-32-34(24)2/h3-9,14-16,19,21H,10-13,17H2,1-2H3,(H,33,37). The van der Waals surface area contributed by atoms with Crippen molar-refractivity contribution in [3.63, 3.8) is 0 Å². The van der Waals surface area contributed by atoms with Gasteiger partial charge in [-0.2, -0.15) is 5.10 Å². The summed E-state index contributed by atoms with van der Waals surface area (Å²) in [6, 6.07) is 15.7. The molecule has 194 valence electrons. The Morgan fingerprint density at radius 3 is 2.55 bits per heavy atom. The predicted molar refractivity (Wildman–Crippen MR) is 149 cm³/mol. The second-order valence-corrected chi connectivity index (χ2v) is 10.6. The average molecular weight is 529 g/mol. The molecule has 1 amide bonds. The number of pyridine rings is 1. The maximum Gasteiger partial charge on any atom is 0.333 e. The smallest absolute Gasteiger partial charge is 0.333 e. The number of rotatable bonds is 5. The molecule has 3 aromatic heterocycles. The third-order valence-electron chi connectivity index (χ3n) is 7.77. The molecule has 0 bridgehead atoms. The number of aromatic nitrogens is 5. The Labute approximate surface area is 224 Å². The van der Waals surface area contributed by atoms with Gasteiger partial charge in [0.15, 0.2) is 0 Å². The van der Waals surface area contributed by atoms with Crippen molar-refractivity contribution in [1.82, 2.24) is 29.2 Å². The van der Waals surface area contributed by atoms with Crippen LogP contribution in [-0.2, 0) is 13.6 Å². The van der Waals surface area contributed by atoms with E-state index in [4.69, 9.17) is 11.6 Å². The number of para-hydroxylation sites is 2. The number of carbonyl (C=O) groups is 1. The number of amides is 1. The van der Waals surface area contributed by atoms with Gasteiger partial charge >= 0.3 is 5.69 Å². The van der Waals surface area contributed by atoms with Crippen molar-refractivity contribution in [3.05, 3.63) is 87.7 Å². The molecule has 5 aromatic rings. The lowest BCUT2D eigenvalue weighted by Gasteiger charge is -2.29. The van der Waals surface area contributed by atoms with Crippen LogP contribution in [0, 0.1) is 12.8 Å². The first kappa shape index (κ1) is 24.4. The van der Waals surface area contributed by atoms with Gasteiger partial charge in [-0.05, 0) is 68.9 Å². The summed E-state index contributed by atoms with van der Waals surface area (Å²) >= 11 is 6.05. The van der Waals surface area contributed by atoms with Crippen molar-refractivity contribution in [2.45, 2.75) is 45.2 Å². The molecule has 0 radical (unpaired) electrons. The first-order chi connectivity index (χ1) is 18.4. The molecule has 0 saturated heterocycles. The Morgan fingerprint density at radius 2 is 1.76 bits per heavy atom. The summed E-state index contributed by atoms with van der Waals surface area (Å²) in [5.41, 5.74) is 4.78. The van der Waals surface area contributed by atoms with E-state index in [0.29, 0.717) is 28.7 Å². The summed E-state index contributed by atoms with van der Waals surface area (Å²) in [5.74, 6) is 0.216. The summed E-state index contributed by atoms with van der Waals surface area (Å²) in [4.78, 5) is 30.9. The van der Waals surface area contributed by atoms with Gasteiger partial charge in [0.05, 0.1) is 44.7 Å². The molecule has 2 aromatic carbocycles. The quantitative estimate of drug-likeness (QED) is 0.347. The molecule has 38 heavy (non-hydrogen) atoms. The van der Waals surface area contributed by atoms with Gasteiger partial charge in [-0.15, -0.1) is 0 Å². The van der Waals surface area contributed by atoms with Crippen LogP contribution in [0.3, 0.4) is 0 Å². The van der Waals surface area contributed by atoms with Crippen molar-refractivity contribution < 1.29 is 4.79 Å². The molecule has 3 heterocycles. The number of halogens is 1. The number of fused-ring (bicyclic) bond motifs is 2. The fraction of sp³-hybridized carbons (Fsp3) is 0.310. The van der Waals surface area contributed by atoms with E-state index in [0.717, 1.165) is 53.3 Å². The van der Waals surface area contributed by atoms with Crippen LogP contribution in [0.15, 0.2) is 65.7 Å². The first-order valence-corrected chi connectivity index (χ1v) is 13.3. The predicted octanol–water partition coefficient (Wildman–Crippen LogP) is 5.02. The zero-order chi connectivity index (χ0) is 26.4. The number of benzene rings is 2. The Kier molecular flexibility index (Phi) is 6.27. The summed E-state index contributed by atoms with van der Waals surface area (Å²) in [6.45, 7) is 2.46. The Morgan fingerprint density at radius 1 is 1.03 bits per heavy atom. The van der Waals surface area contributed by atoms with E-state index >= 15 is 0 Å². The minimum Gasteiger partial charge on any atom is -0.349 e. The van der Waals surface area contributed by atoms with Crippen LogP contribution in [0.1, 0.15) is 41.7 Å². The normalized spacial score (nSPS) is 17.8. The van der Waals surface area contributed by atoms with Crippen LogP contribution in [0.5, 0.6) is 0 Å². The highest BCUT2D eigenvalue weighted by atomic mass is 35.5. The molecule has 0 spiro atoms. The average Bonchev–Trinajstić information content (AvgIpc) is 3.43. The molecular weight excluding hydrogens is 500 g/mol. The van der Waals surface area contributed by atoms with Crippen LogP contribution >= 0.6 is 11.6 Å². The molecule has 1 saturated carbocycles. The van der Waals surface area contributed by atoms with Crippen LogP contribution in [0.2, 0.25) is 5.02 Å². The van der Waals surface area contributed by atoms with E-state index in [1.165, 1.54) is 0 Å². The van der Waals surface area contributed by atoms with E-state index in [2.05, 4.69) is 15.4 Å². The molecule has 0 atom stereocenters. The largest absolute Gasteiger partial charge is 0.349 e. The lowest BCUT2D eigenvalue weighted by Crippen LogP contribution is -2.39. The first-order valence-electron chi connectivity index (χ1n) is 12.9. The zero-order valence-corrected chi connectivity index (χ0v) is 22.2. The number of nitrogens with one attached hydrogen (secondary N) is 1. The molecule has 1 fully saturated rings. The van der Waals surface area contributed by atoms with Crippen molar-refractivity contribution in [3.8, 4) is 5.69 Å². The fourth-order valence-electron chi connectivity index (χ4n) is 5.72. The highest BCUT2D eigenvalue weighted by molar-refractivity contribution is 6.30. The van der Waals surface area contributed by atoms with Gasteiger partial charge in [-0.3, -0.25) is 23.6 Å². The number of carbonyl (C=O) groups excluding carboxylic acids is 1. The molecule has 1 aliphatic carbocycles. The van der Waals surface area contributed by atoms with Crippen molar-refractivity contribution >= 4 is 39.4 Å². The highest BCUT2D eigenvalue weighted by Crippen LogP contribution is 2.29. The molecule has 9 heteroatoms. The minimum atomic E-state index is -0.134. The molecular formula is C29H29ClN6O2. The number of aryl methyl sites for hydroxylation is 2. The van der Waals surface area contributed by atoms with E-state index < -0.39 is 0 Å². The van der Waals surface area contributed by atoms with Crippen molar-refractivity contribution in [2.75, 3.05) is 0 Å². The number of hydrogen-bond acceptors (Lipinski definition) is 4. The maximum atomic E-state index is 13.9. The van der Waals surface area contributed by atoms with E-state index in [1.807, 2.05) is 76.4 Å². The second kappa shape index (κ2) is 9.76. The molecule has 0 aliphatic heterocycles. The van der Waals surface area contributed by atoms with Crippen molar-refractivity contribution in [1.29, 1.82) is 0 Å². The molecule has 8 nitrogen and oxygen atoms in total. The van der Waals surface area contributed by atoms with E-state index in [-0.39, 0.29) is 17.6 Å². The Balaban J connectivity index is 1.23. The molecule has 6 rings (SSSR count). The third-order valence-corrected chi connectivity index (χ3v) is 7.97. The van der Waals surface area contributed by atoms with Gasteiger partial charge in [-0.25, -0.2) is 4.79 Å². The van der Waals surface area contributed by atoms with Gasteiger partial charge < -0.3 is 5.32 Å². The number of imidazole rings is 1. The van der Waals surface area contributed by atoms with E-state index in [1.54, 1.807) is 12.3 Å². The molecule has 1 N–H and O–H groups in total. The lowest BCUT2D eigenvalue weighted by molar-refractivity contribution is 0.0919. The lowest BCUT2D eigenvalue weighted by atomic mass is 9.85. The Bertz CT molecular complexity index is 1720. The number of nitrogens with zero attached hydrogens (tertiary/aromatic N) is 5. The second-order valence-electron chi connectivity index (χ2n) is 10.2. The topological polar surface area (TPSA) is 86.7 Å². The van der Waals surface area contributed by atoms with Gasteiger partial charge in [0.25, 0.3) is 5.91 Å². The van der Waals surface area contributed by atoms with Gasteiger partial charge in [0.1, 0.15) is 0 Å².